The van der Waals surface area contributed by atoms with Crippen molar-refractivity contribution >= 4 is 17.1 Å². The molecule has 0 fully saturated rings. The number of benzene rings is 8. The third kappa shape index (κ3) is 5.63. The van der Waals surface area contributed by atoms with Crippen molar-refractivity contribution in [2.24, 2.45) is 0 Å². The molecular weight excluding hydrogens is 755 g/mol. The van der Waals surface area contributed by atoms with Crippen LogP contribution in [0.5, 0.6) is 0 Å². The maximum atomic E-state index is 5.25. The van der Waals surface area contributed by atoms with Gasteiger partial charge in [0.1, 0.15) is 0 Å². The van der Waals surface area contributed by atoms with Gasteiger partial charge in [-0.15, -0.1) is 0 Å². The number of pyridine rings is 1. The average molecular weight is 792 g/mol. The fraction of sp³-hybridized carbons (Fsp3) is 0.0175. The van der Waals surface area contributed by atoms with Gasteiger partial charge < -0.3 is 4.90 Å². The number of aromatic nitrogens is 4. The fourth-order valence-electron chi connectivity index (χ4n) is 9.62. The maximum absolute atomic E-state index is 5.25. The van der Waals surface area contributed by atoms with Crippen LogP contribution in [0, 0.1) is 0 Å². The van der Waals surface area contributed by atoms with E-state index in [4.69, 9.17) is 19.9 Å². The van der Waals surface area contributed by atoms with Crippen molar-refractivity contribution in [1.29, 1.82) is 0 Å². The highest BCUT2D eigenvalue weighted by molar-refractivity contribution is 5.96. The lowest BCUT2D eigenvalue weighted by Crippen LogP contribution is -2.36. The Morgan fingerprint density at radius 2 is 0.790 bits per heavy atom. The monoisotopic (exact) mass is 791 g/mol. The molecule has 2 aliphatic rings. The average Bonchev–Trinajstić information content (AvgIpc) is 3.65. The first kappa shape index (κ1) is 35.6. The first-order valence-corrected chi connectivity index (χ1v) is 21.0. The Morgan fingerprint density at radius 1 is 0.323 bits per heavy atom. The van der Waals surface area contributed by atoms with E-state index in [9.17, 15) is 0 Å². The van der Waals surface area contributed by atoms with E-state index in [0.29, 0.717) is 17.5 Å². The van der Waals surface area contributed by atoms with Gasteiger partial charge in [-0.2, -0.15) is 0 Å². The molecular formula is C57H37N5. The summed E-state index contributed by atoms with van der Waals surface area (Å²) in [5.74, 6) is 1.92. The Kier molecular flexibility index (Phi) is 8.32. The van der Waals surface area contributed by atoms with Crippen LogP contribution in [0.3, 0.4) is 0 Å². The molecule has 290 valence electrons. The highest BCUT2D eigenvalue weighted by Crippen LogP contribution is 2.63. The number of fused-ring (bicyclic) bond motifs is 9. The molecule has 0 N–H and O–H groups in total. The number of para-hydroxylation sites is 3. The minimum absolute atomic E-state index is 0.631. The quantitative estimate of drug-likeness (QED) is 0.168. The minimum atomic E-state index is -0.631. The molecule has 5 heteroatoms. The van der Waals surface area contributed by atoms with E-state index in [2.05, 4.69) is 163 Å². The van der Waals surface area contributed by atoms with E-state index in [0.717, 1.165) is 61.7 Å². The molecule has 0 saturated carbocycles. The topological polar surface area (TPSA) is 54.8 Å². The van der Waals surface area contributed by atoms with Crippen LogP contribution in [0.2, 0.25) is 0 Å². The Labute approximate surface area is 360 Å². The van der Waals surface area contributed by atoms with Gasteiger partial charge in [0, 0.05) is 34.1 Å². The lowest BCUT2D eigenvalue weighted by atomic mass is 9.66. The number of nitrogens with zero attached hydrogens (tertiary/aromatic N) is 5. The van der Waals surface area contributed by atoms with Crippen molar-refractivity contribution in [2.45, 2.75) is 5.41 Å². The van der Waals surface area contributed by atoms with E-state index in [-0.39, 0.29) is 0 Å². The van der Waals surface area contributed by atoms with Crippen LogP contribution >= 0.6 is 0 Å². The van der Waals surface area contributed by atoms with Gasteiger partial charge in [-0.05, 0) is 93.0 Å². The molecule has 62 heavy (non-hydrogen) atoms. The van der Waals surface area contributed by atoms with Gasteiger partial charge in [-0.1, -0.05) is 170 Å². The zero-order chi connectivity index (χ0) is 41.0. The van der Waals surface area contributed by atoms with Gasteiger partial charge in [0.2, 0.25) is 0 Å². The Bertz CT molecular complexity index is 3200. The molecule has 1 aliphatic carbocycles. The van der Waals surface area contributed by atoms with Crippen LogP contribution in [0.1, 0.15) is 22.4 Å². The van der Waals surface area contributed by atoms with E-state index in [1.807, 2.05) is 66.9 Å². The highest BCUT2D eigenvalue weighted by Gasteiger charge is 2.52. The molecule has 2 aromatic heterocycles. The van der Waals surface area contributed by atoms with Crippen LogP contribution in [0.4, 0.5) is 17.1 Å². The Balaban J connectivity index is 0.987. The van der Waals surface area contributed by atoms with Gasteiger partial charge >= 0.3 is 0 Å². The summed E-state index contributed by atoms with van der Waals surface area (Å²) in [5.41, 5.74) is 17.2. The van der Waals surface area contributed by atoms with Gasteiger partial charge in [-0.25, -0.2) is 15.0 Å². The molecule has 0 atom stereocenters. The van der Waals surface area contributed by atoms with Crippen molar-refractivity contribution in [1.82, 2.24) is 19.9 Å². The molecule has 0 amide bonds. The van der Waals surface area contributed by atoms with E-state index in [1.165, 1.54) is 27.8 Å². The van der Waals surface area contributed by atoms with Crippen molar-refractivity contribution in [3.8, 4) is 67.5 Å². The maximum Gasteiger partial charge on any atom is 0.164 e. The molecule has 0 unspecified atom stereocenters. The van der Waals surface area contributed by atoms with Crippen LogP contribution in [-0.2, 0) is 5.41 Å². The van der Waals surface area contributed by atoms with Crippen molar-refractivity contribution < 1.29 is 0 Å². The molecule has 3 heterocycles. The largest absolute Gasteiger partial charge is 0.310 e. The van der Waals surface area contributed by atoms with Crippen LogP contribution in [-0.4, -0.2) is 19.9 Å². The summed E-state index contributed by atoms with van der Waals surface area (Å²) in [6.45, 7) is 0. The zero-order valence-electron chi connectivity index (χ0n) is 33.6. The van der Waals surface area contributed by atoms with Gasteiger partial charge in [0.25, 0.3) is 0 Å². The second-order valence-corrected chi connectivity index (χ2v) is 15.8. The summed E-state index contributed by atoms with van der Waals surface area (Å²) in [6.07, 6.45) is 1.95. The molecule has 8 aromatic carbocycles. The molecule has 1 aliphatic heterocycles. The molecule has 0 saturated heterocycles. The van der Waals surface area contributed by atoms with Crippen LogP contribution in [0.15, 0.2) is 225 Å². The second-order valence-electron chi connectivity index (χ2n) is 15.8. The smallest absolute Gasteiger partial charge is 0.164 e. The molecule has 1 spiro atoms. The van der Waals surface area contributed by atoms with Crippen molar-refractivity contribution in [3.05, 3.63) is 247 Å². The molecule has 5 nitrogen and oxygen atoms in total. The SMILES string of the molecule is c1ccc(-c2nc(-c3ccccc3)nc(-c3cccc(-c4cccc(-c5ccc6c(c5)C5(c7ccccc7N(c7ccccc7)c7ccccc75)c5ncccc5-6)c4)c3)n2)cc1. The zero-order valence-corrected chi connectivity index (χ0v) is 33.6. The number of hydrogen-bond donors (Lipinski definition) is 0. The van der Waals surface area contributed by atoms with Crippen LogP contribution < -0.4 is 4.90 Å². The number of anilines is 3. The summed E-state index contributed by atoms with van der Waals surface area (Å²) in [5, 5.41) is 0. The second kappa shape index (κ2) is 14.5. The first-order valence-electron chi connectivity index (χ1n) is 21.0. The van der Waals surface area contributed by atoms with Gasteiger partial charge in [0.05, 0.1) is 22.5 Å². The molecule has 12 rings (SSSR count). The molecule has 0 radical (unpaired) electrons. The van der Waals surface area contributed by atoms with Gasteiger partial charge in [0.15, 0.2) is 17.5 Å². The number of hydrogen-bond acceptors (Lipinski definition) is 5. The lowest BCUT2D eigenvalue weighted by molar-refractivity contribution is 0.725. The third-order valence-electron chi connectivity index (χ3n) is 12.3. The van der Waals surface area contributed by atoms with Crippen LogP contribution in [0.25, 0.3) is 67.5 Å². The molecule has 0 bridgehead atoms. The summed E-state index contributed by atoms with van der Waals surface area (Å²) < 4.78 is 0. The van der Waals surface area contributed by atoms with Crippen molar-refractivity contribution in [2.75, 3.05) is 4.90 Å². The third-order valence-corrected chi connectivity index (χ3v) is 12.3. The van der Waals surface area contributed by atoms with E-state index < -0.39 is 5.41 Å². The Hall–Kier alpha value is -8.28. The predicted octanol–water partition coefficient (Wildman–Crippen LogP) is 13.7. The van der Waals surface area contributed by atoms with E-state index in [1.54, 1.807) is 0 Å². The summed E-state index contributed by atoms with van der Waals surface area (Å²) in [4.78, 5) is 22.6. The molecule has 10 aromatic rings. The number of rotatable bonds is 6. The van der Waals surface area contributed by atoms with Gasteiger partial charge in [-0.3, -0.25) is 4.98 Å². The predicted molar refractivity (Wildman–Crippen MR) is 250 cm³/mol. The minimum Gasteiger partial charge on any atom is -0.310 e. The summed E-state index contributed by atoms with van der Waals surface area (Å²) in [6, 6.07) is 77.3. The summed E-state index contributed by atoms with van der Waals surface area (Å²) >= 11 is 0. The normalized spacial score (nSPS) is 12.9. The highest BCUT2D eigenvalue weighted by atomic mass is 15.2. The fourth-order valence-corrected chi connectivity index (χ4v) is 9.62. The van der Waals surface area contributed by atoms with Crippen molar-refractivity contribution in [3.63, 3.8) is 0 Å². The Morgan fingerprint density at radius 3 is 1.39 bits per heavy atom. The standard InChI is InChI=1S/C57H37N5/c1-4-17-38(18-5-1)54-59-55(39-19-6-2-7-20-39)61-56(60-54)44-24-15-23-42(36-44)40-21-14-22-41(35-40)43-32-33-46-47-27-16-34-58-53(47)57(50(46)37-43)48-28-10-12-30-51(48)62(45-25-8-3-9-26-45)52-31-13-11-29-49(52)57/h1-37H. The summed E-state index contributed by atoms with van der Waals surface area (Å²) in [7, 11) is 0. The lowest BCUT2D eigenvalue weighted by Gasteiger charge is -2.44. The van der Waals surface area contributed by atoms with E-state index >= 15 is 0 Å². The first-order chi connectivity index (χ1) is 30.7.